The van der Waals surface area contributed by atoms with Gasteiger partial charge in [-0.15, -0.1) is 11.3 Å². The second-order valence-electron chi connectivity index (χ2n) is 5.88. The molecule has 3 rings (SSSR count). The van der Waals surface area contributed by atoms with Crippen LogP contribution in [0.4, 0.5) is 5.69 Å². The predicted octanol–water partition coefficient (Wildman–Crippen LogP) is 4.44. The number of hydrogen-bond acceptors (Lipinski definition) is 4. The maximum absolute atomic E-state index is 12.7. The second kappa shape index (κ2) is 8.12. The van der Waals surface area contributed by atoms with Crippen molar-refractivity contribution in [3.63, 3.8) is 0 Å². The molecular formula is C19H17ClN2O3S2. The SMILES string of the molecule is Cc1cccc(NS(=O)(=O)c2ccc(Cl)c(C(=O)NCc3cccs3)c2)c1. The first-order valence-electron chi connectivity index (χ1n) is 8.05. The highest BCUT2D eigenvalue weighted by Gasteiger charge is 2.19. The molecule has 1 heterocycles. The van der Waals surface area contributed by atoms with Gasteiger partial charge in [0, 0.05) is 10.6 Å². The van der Waals surface area contributed by atoms with E-state index in [1.807, 2.05) is 30.5 Å². The van der Waals surface area contributed by atoms with Crippen molar-refractivity contribution in [1.29, 1.82) is 0 Å². The van der Waals surface area contributed by atoms with Gasteiger partial charge in [0.25, 0.3) is 15.9 Å². The van der Waals surface area contributed by atoms with Crippen LogP contribution in [0.25, 0.3) is 0 Å². The predicted molar refractivity (Wildman–Crippen MR) is 109 cm³/mol. The zero-order chi connectivity index (χ0) is 19.4. The van der Waals surface area contributed by atoms with E-state index in [1.54, 1.807) is 18.2 Å². The minimum absolute atomic E-state index is 0.0327. The molecule has 140 valence electrons. The number of amides is 1. The van der Waals surface area contributed by atoms with Crippen molar-refractivity contribution in [2.75, 3.05) is 4.72 Å². The van der Waals surface area contributed by atoms with Crippen LogP contribution in [-0.4, -0.2) is 14.3 Å². The number of halogens is 1. The largest absolute Gasteiger partial charge is 0.347 e. The monoisotopic (exact) mass is 420 g/mol. The van der Waals surface area contributed by atoms with Crippen LogP contribution in [0.3, 0.4) is 0 Å². The maximum atomic E-state index is 12.7. The van der Waals surface area contributed by atoms with E-state index in [4.69, 9.17) is 11.6 Å². The lowest BCUT2D eigenvalue weighted by atomic mass is 10.2. The Morgan fingerprint density at radius 3 is 2.63 bits per heavy atom. The molecule has 0 atom stereocenters. The van der Waals surface area contributed by atoms with Crippen molar-refractivity contribution in [3.05, 3.63) is 81.0 Å². The smallest absolute Gasteiger partial charge is 0.261 e. The van der Waals surface area contributed by atoms with Crippen molar-refractivity contribution < 1.29 is 13.2 Å². The molecule has 0 bridgehead atoms. The number of carbonyl (C=O) groups is 1. The Morgan fingerprint density at radius 2 is 1.93 bits per heavy atom. The van der Waals surface area contributed by atoms with Gasteiger partial charge in [0.1, 0.15) is 0 Å². The molecule has 0 fully saturated rings. The van der Waals surface area contributed by atoms with E-state index in [0.29, 0.717) is 12.2 Å². The minimum atomic E-state index is -3.85. The standard InChI is InChI=1S/C19H17ClN2O3S2/c1-13-4-2-5-14(10-13)22-27(24,25)16-7-8-18(20)17(11-16)19(23)21-12-15-6-3-9-26-15/h2-11,22H,12H2,1H3,(H,21,23). The van der Waals surface area contributed by atoms with E-state index in [9.17, 15) is 13.2 Å². The summed E-state index contributed by atoms with van der Waals surface area (Å²) in [6.45, 7) is 2.22. The molecule has 1 amide bonds. The molecule has 0 aliphatic heterocycles. The summed E-state index contributed by atoms with van der Waals surface area (Å²) < 4.78 is 27.8. The van der Waals surface area contributed by atoms with Crippen LogP contribution in [0.15, 0.2) is 64.9 Å². The van der Waals surface area contributed by atoms with Gasteiger partial charge in [-0.3, -0.25) is 9.52 Å². The molecular weight excluding hydrogens is 404 g/mol. The van der Waals surface area contributed by atoms with Crippen LogP contribution in [0.5, 0.6) is 0 Å². The Morgan fingerprint density at radius 1 is 1.11 bits per heavy atom. The zero-order valence-electron chi connectivity index (χ0n) is 14.4. The Balaban J connectivity index is 1.82. The first kappa shape index (κ1) is 19.4. The van der Waals surface area contributed by atoms with Crippen molar-refractivity contribution in [3.8, 4) is 0 Å². The third-order valence-electron chi connectivity index (χ3n) is 3.77. The van der Waals surface area contributed by atoms with Gasteiger partial charge in [-0.1, -0.05) is 29.8 Å². The normalized spacial score (nSPS) is 11.2. The molecule has 2 N–H and O–H groups in total. The minimum Gasteiger partial charge on any atom is -0.347 e. The molecule has 0 aliphatic rings. The molecule has 0 saturated carbocycles. The Bertz CT molecular complexity index is 1060. The van der Waals surface area contributed by atoms with Gasteiger partial charge in [0.05, 0.1) is 22.0 Å². The number of nitrogens with one attached hydrogen (secondary N) is 2. The van der Waals surface area contributed by atoms with Gasteiger partial charge in [-0.05, 0) is 54.3 Å². The molecule has 27 heavy (non-hydrogen) atoms. The van der Waals surface area contributed by atoms with Crippen LogP contribution in [0.2, 0.25) is 5.02 Å². The Hall–Kier alpha value is -2.35. The fourth-order valence-corrected chi connectivity index (χ4v) is 4.37. The van der Waals surface area contributed by atoms with Crippen molar-refractivity contribution in [1.82, 2.24) is 5.32 Å². The summed E-state index contributed by atoms with van der Waals surface area (Å²) in [6, 6.07) is 14.9. The summed E-state index contributed by atoms with van der Waals surface area (Å²) in [7, 11) is -3.85. The summed E-state index contributed by atoms with van der Waals surface area (Å²) in [5.41, 5.74) is 1.49. The average molecular weight is 421 g/mol. The summed E-state index contributed by atoms with van der Waals surface area (Å²) in [6.07, 6.45) is 0. The van der Waals surface area contributed by atoms with E-state index >= 15 is 0 Å². The number of rotatable bonds is 6. The van der Waals surface area contributed by atoms with Crippen LogP contribution in [-0.2, 0) is 16.6 Å². The lowest BCUT2D eigenvalue weighted by Gasteiger charge is -2.11. The number of benzene rings is 2. The third-order valence-corrected chi connectivity index (χ3v) is 6.35. The lowest BCUT2D eigenvalue weighted by molar-refractivity contribution is 0.0951. The Labute approximate surface area is 167 Å². The first-order chi connectivity index (χ1) is 12.8. The number of sulfonamides is 1. The van der Waals surface area contributed by atoms with E-state index in [2.05, 4.69) is 10.0 Å². The van der Waals surface area contributed by atoms with Gasteiger partial charge in [0.2, 0.25) is 0 Å². The number of anilines is 1. The quantitative estimate of drug-likeness (QED) is 0.619. The molecule has 8 heteroatoms. The van der Waals surface area contributed by atoms with E-state index < -0.39 is 15.9 Å². The first-order valence-corrected chi connectivity index (χ1v) is 10.8. The van der Waals surface area contributed by atoms with Crippen molar-refractivity contribution in [2.45, 2.75) is 18.4 Å². The number of hydrogen-bond donors (Lipinski definition) is 2. The van der Waals surface area contributed by atoms with Gasteiger partial charge in [-0.25, -0.2) is 8.42 Å². The number of aryl methyl sites for hydroxylation is 1. The maximum Gasteiger partial charge on any atom is 0.261 e. The van der Waals surface area contributed by atoms with Crippen molar-refractivity contribution in [2.24, 2.45) is 0 Å². The molecule has 0 unspecified atom stereocenters. The molecule has 5 nitrogen and oxygen atoms in total. The third kappa shape index (κ3) is 4.88. The Kier molecular flexibility index (Phi) is 5.84. The van der Waals surface area contributed by atoms with Gasteiger partial charge in [0.15, 0.2) is 0 Å². The topological polar surface area (TPSA) is 75.3 Å². The molecule has 3 aromatic rings. The molecule has 1 aromatic heterocycles. The molecule has 0 spiro atoms. The van der Waals surface area contributed by atoms with Crippen LogP contribution >= 0.6 is 22.9 Å². The van der Waals surface area contributed by atoms with E-state index in [1.165, 1.54) is 29.5 Å². The van der Waals surface area contributed by atoms with Crippen LogP contribution in [0, 0.1) is 6.92 Å². The molecule has 0 aliphatic carbocycles. The van der Waals surface area contributed by atoms with E-state index in [-0.39, 0.29) is 15.5 Å². The summed E-state index contributed by atoms with van der Waals surface area (Å²) in [5, 5.41) is 4.85. The highest BCUT2D eigenvalue weighted by molar-refractivity contribution is 7.92. The highest BCUT2D eigenvalue weighted by atomic mass is 35.5. The van der Waals surface area contributed by atoms with Crippen molar-refractivity contribution >= 4 is 44.6 Å². The van der Waals surface area contributed by atoms with Gasteiger partial charge < -0.3 is 5.32 Å². The van der Waals surface area contributed by atoms with Crippen LogP contribution < -0.4 is 10.0 Å². The van der Waals surface area contributed by atoms with E-state index in [0.717, 1.165) is 10.4 Å². The fourth-order valence-electron chi connectivity index (χ4n) is 2.44. The summed E-state index contributed by atoms with van der Waals surface area (Å²) >= 11 is 7.63. The summed E-state index contributed by atoms with van der Waals surface area (Å²) in [5.74, 6) is -0.430. The second-order valence-corrected chi connectivity index (χ2v) is 9.00. The average Bonchev–Trinajstić information content (AvgIpc) is 3.13. The van der Waals surface area contributed by atoms with Crippen LogP contribution in [0.1, 0.15) is 20.8 Å². The molecule has 0 radical (unpaired) electrons. The fraction of sp³-hybridized carbons (Fsp3) is 0.105. The molecule has 0 saturated heterocycles. The lowest BCUT2D eigenvalue weighted by Crippen LogP contribution is -2.23. The highest BCUT2D eigenvalue weighted by Crippen LogP contribution is 2.23. The molecule has 2 aromatic carbocycles. The summed E-state index contributed by atoms with van der Waals surface area (Å²) in [4.78, 5) is 13.4. The zero-order valence-corrected chi connectivity index (χ0v) is 16.8. The number of carbonyl (C=O) groups excluding carboxylic acids is 1. The number of thiophene rings is 1. The van der Waals surface area contributed by atoms with Gasteiger partial charge in [-0.2, -0.15) is 0 Å². The van der Waals surface area contributed by atoms with Gasteiger partial charge >= 0.3 is 0 Å².